The summed E-state index contributed by atoms with van der Waals surface area (Å²) >= 11 is 2.73. The molecule has 0 aliphatic rings. The highest BCUT2D eigenvalue weighted by molar-refractivity contribution is 7.17. The number of nitrogens with zero attached hydrogens (tertiary/aromatic N) is 2. The molecule has 2 amide bonds. The zero-order valence-corrected chi connectivity index (χ0v) is 15.7. The summed E-state index contributed by atoms with van der Waals surface area (Å²) in [6, 6.07) is 7.80. The van der Waals surface area contributed by atoms with E-state index < -0.39 is 5.97 Å². The van der Waals surface area contributed by atoms with E-state index in [0.29, 0.717) is 22.8 Å². The number of nitrogens with one attached hydrogen (secondary N) is 1. The molecule has 0 spiro atoms. The van der Waals surface area contributed by atoms with Crippen molar-refractivity contribution in [3.05, 3.63) is 46.5 Å². The Labute approximate surface area is 153 Å². The van der Waals surface area contributed by atoms with Crippen LogP contribution in [-0.2, 0) is 11.3 Å². The molecule has 3 aromatic rings. The van der Waals surface area contributed by atoms with Crippen LogP contribution in [0.4, 0.5) is 9.80 Å². The number of anilines is 1. The number of thiophene rings is 1. The van der Waals surface area contributed by atoms with Gasteiger partial charge in [0.05, 0.1) is 12.8 Å². The van der Waals surface area contributed by atoms with Gasteiger partial charge >= 0.3 is 12.0 Å². The Balaban J connectivity index is 1.74. The van der Waals surface area contributed by atoms with E-state index in [1.165, 1.54) is 11.8 Å². The number of aromatic nitrogens is 1. The molecule has 3 rings (SSSR count). The van der Waals surface area contributed by atoms with Crippen molar-refractivity contribution in [3.63, 3.8) is 0 Å². The molecule has 6 nitrogen and oxygen atoms in total. The molecule has 0 saturated carbocycles. The number of fused-ring (bicyclic) bond motifs is 1. The van der Waals surface area contributed by atoms with Gasteiger partial charge in [-0.2, -0.15) is 4.37 Å². The highest BCUT2D eigenvalue weighted by atomic mass is 32.1. The van der Waals surface area contributed by atoms with E-state index in [-0.39, 0.29) is 6.03 Å². The fourth-order valence-corrected chi connectivity index (χ4v) is 4.20. The Morgan fingerprint density at radius 2 is 2.08 bits per heavy atom. The Kier molecular flexibility index (Phi) is 5.00. The van der Waals surface area contributed by atoms with Gasteiger partial charge in [0.15, 0.2) is 0 Å². The van der Waals surface area contributed by atoms with Crippen LogP contribution in [0.15, 0.2) is 29.6 Å². The van der Waals surface area contributed by atoms with E-state index in [0.717, 1.165) is 22.5 Å². The Morgan fingerprint density at radius 1 is 1.32 bits per heavy atom. The molecule has 0 atom stereocenters. The molecule has 0 saturated heterocycles. The van der Waals surface area contributed by atoms with Gasteiger partial charge in [0.1, 0.15) is 10.6 Å². The number of methoxy groups -OCH3 is 1. The normalized spacial score (nSPS) is 10.7. The van der Waals surface area contributed by atoms with Crippen molar-refractivity contribution in [1.29, 1.82) is 0 Å². The van der Waals surface area contributed by atoms with Crippen LogP contribution < -0.4 is 5.32 Å². The van der Waals surface area contributed by atoms with E-state index in [1.807, 2.05) is 12.1 Å². The van der Waals surface area contributed by atoms with Crippen LogP contribution in [0.2, 0.25) is 0 Å². The highest BCUT2D eigenvalue weighted by Gasteiger charge is 2.22. The number of hydrogen-bond donors (Lipinski definition) is 1. The third-order valence-corrected chi connectivity index (χ3v) is 5.65. The molecule has 130 valence electrons. The summed E-state index contributed by atoms with van der Waals surface area (Å²) in [5.74, 6) is -0.506. The quantitative estimate of drug-likeness (QED) is 0.697. The summed E-state index contributed by atoms with van der Waals surface area (Å²) in [5.41, 5.74) is 1.93. The zero-order valence-electron chi connectivity index (χ0n) is 14.0. The fourth-order valence-electron chi connectivity index (χ4n) is 2.47. The van der Waals surface area contributed by atoms with Gasteiger partial charge in [-0.25, -0.2) is 9.59 Å². The van der Waals surface area contributed by atoms with Gasteiger partial charge in [-0.3, -0.25) is 5.32 Å². The summed E-state index contributed by atoms with van der Waals surface area (Å²) < 4.78 is 10.1. The van der Waals surface area contributed by atoms with Crippen molar-refractivity contribution in [1.82, 2.24) is 9.27 Å². The second-order valence-corrected chi connectivity index (χ2v) is 7.19. The molecule has 1 aromatic carbocycles. The molecule has 2 aromatic heterocycles. The molecule has 0 radical (unpaired) electrons. The third-order valence-electron chi connectivity index (χ3n) is 3.79. The van der Waals surface area contributed by atoms with Crippen LogP contribution in [0.25, 0.3) is 10.1 Å². The maximum absolute atomic E-state index is 12.5. The maximum Gasteiger partial charge on any atom is 0.342 e. The number of esters is 1. The molecule has 0 fully saturated rings. The Hall–Kier alpha value is -2.45. The number of hydrogen-bond acceptors (Lipinski definition) is 6. The summed E-state index contributed by atoms with van der Waals surface area (Å²) in [4.78, 5) is 25.9. The predicted octanol–water partition coefficient (Wildman–Crippen LogP) is 4.12. The van der Waals surface area contributed by atoms with Gasteiger partial charge in [0, 0.05) is 18.3 Å². The predicted molar refractivity (Wildman–Crippen MR) is 101 cm³/mol. The molecule has 25 heavy (non-hydrogen) atoms. The largest absolute Gasteiger partial charge is 0.465 e. The lowest BCUT2D eigenvalue weighted by atomic mass is 10.2. The monoisotopic (exact) mass is 375 g/mol. The second kappa shape index (κ2) is 7.20. The van der Waals surface area contributed by atoms with E-state index in [2.05, 4.69) is 27.2 Å². The number of amides is 2. The van der Waals surface area contributed by atoms with Crippen LogP contribution in [-0.4, -0.2) is 35.4 Å². The molecular formula is C17H17N3O3S2. The van der Waals surface area contributed by atoms with Gasteiger partial charge < -0.3 is 9.64 Å². The van der Waals surface area contributed by atoms with Gasteiger partial charge in [-0.15, -0.1) is 11.3 Å². The molecule has 0 aliphatic heterocycles. The van der Waals surface area contributed by atoms with Crippen molar-refractivity contribution in [2.45, 2.75) is 13.5 Å². The minimum absolute atomic E-state index is 0.301. The van der Waals surface area contributed by atoms with E-state index in [9.17, 15) is 9.59 Å². The van der Waals surface area contributed by atoms with Crippen LogP contribution in [0.5, 0.6) is 0 Å². The van der Waals surface area contributed by atoms with E-state index >= 15 is 0 Å². The van der Waals surface area contributed by atoms with Gasteiger partial charge in [-0.1, -0.05) is 18.2 Å². The Bertz CT molecular complexity index is 932. The van der Waals surface area contributed by atoms with Crippen molar-refractivity contribution < 1.29 is 14.3 Å². The molecule has 2 heterocycles. The average molecular weight is 375 g/mol. The van der Waals surface area contributed by atoms with Crippen molar-refractivity contribution in [3.8, 4) is 0 Å². The lowest BCUT2D eigenvalue weighted by Crippen LogP contribution is -2.31. The minimum Gasteiger partial charge on any atom is -0.465 e. The summed E-state index contributed by atoms with van der Waals surface area (Å²) in [6.45, 7) is 2.18. The standard InChI is InChI=1S/C17H17N3O3S2/c1-10-14(16(21)23-3)15(25-19-10)18-17(22)20(2)8-11-9-24-13-7-5-4-6-12(11)13/h4-7,9H,8H2,1-3H3,(H,18,22). The number of carbonyl (C=O) groups excluding carboxylic acids is 2. The summed E-state index contributed by atoms with van der Waals surface area (Å²) in [6.07, 6.45) is 0. The highest BCUT2D eigenvalue weighted by Crippen LogP contribution is 2.28. The minimum atomic E-state index is -0.506. The summed E-state index contributed by atoms with van der Waals surface area (Å²) in [5, 5.41) is 6.36. The van der Waals surface area contributed by atoms with Gasteiger partial charge in [0.2, 0.25) is 0 Å². The van der Waals surface area contributed by atoms with Crippen molar-refractivity contribution >= 4 is 50.0 Å². The topological polar surface area (TPSA) is 71.5 Å². The third kappa shape index (κ3) is 3.49. The Morgan fingerprint density at radius 3 is 2.84 bits per heavy atom. The number of rotatable bonds is 4. The number of benzene rings is 1. The van der Waals surface area contributed by atoms with Crippen LogP contribution in [0, 0.1) is 6.92 Å². The van der Waals surface area contributed by atoms with Crippen molar-refractivity contribution in [2.24, 2.45) is 0 Å². The molecule has 0 bridgehead atoms. The molecule has 1 N–H and O–H groups in total. The first-order chi connectivity index (χ1) is 12.0. The summed E-state index contributed by atoms with van der Waals surface area (Å²) in [7, 11) is 3.02. The number of carbonyl (C=O) groups is 2. The lowest BCUT2D eigenvalue weighted by Gasteiger charge is -2.17. The molecule has 8 heteroatoms. The first-order valence-electron chi connectivity index (χ1n) is 7.53. The zero-order chi connectivity index (χ0) is 18.0. The number of aryl methyl sites for hydroxylation is 1. The van der Waals surface area contributed by atoms with Gasteiger partial charge in [0.25, 0.3) is 0 Å². The number of urea groups is 1. The SMILES string of the molecule is COC(=O)c1c(C)nsc1NC(=O)N(C)Cc1csc2ccccc12. The van der Waals surface area contributed by atoms with Crippen LogP contribution >= 0.6 is 22.9 Å². The second-order valence-electron chi connectivity index (χ2n) is 5.51. The van der Waals surface area contributed by atoms with E-state index in [4.69, 9.17) is 4.74 Å². The number of ether oxygens (including phenoxy) is 1. The average Bonchev–Trinajstić information content (AvgIpc) is 3.18. The van der Waals surface area contributed by atoms with Crippen LogP contribution in [0.3, 0.4) is 0 Å². The van der Waals surface area contributed by atoms with Crippen molar-refractivity contribution in [2.75, 3.05) is 19.5 Å². The molecule has 0 aliphatic carbocycles. The van der Waals surface area contributed by atoms with Crippen LogP contribution in [0.1, 0.15) is 21.6 Å². The first kappa shape index (κ1) is 17.4. The maximum atomic E-state index is 12.5. The first-order valence-corrected chi connectivity index (χ1v) is 9.18. The lowest BCUT2D eigenvalue weighted by molar-refractivity contribution is 0.0601. The van der Waals surface area contributed by atoms with E-state index in [1.54, 1.807) is 30.2 Å². The molecule has 0 unspecified atom stereocenters. The fraction of sp³-hybridized carbons (Fsp3) is 0.235. The molecular weight excluding hydrogens is 358 g/mol. The smallest absolute Gasteiger partial charge is 0.342 e. The van der Waals surface area contributed by atoms with Gasteiger partial charge in [-0.05, 0) is 40.9 Å².